The van der Waals surface area contributed by atoms with Crippen LogP contribution < -0.4 is 15.4 Å². The smallest absolute Gasteiger partial charge is 0.258 e. The fourth-order valence-electron chi connectivity index (χ4n) is 3.69. The van der Waals surface area contributed by atoms with Gasteiger partial charge in [-0.1, -0.05) is 25.0 Å². The third-order valence-electron chi connectivity index (χ3n) is 5.54. The number of ether oxygens (including phenoxy) is 2. The van der Waals surface area contributed by atoms with E-state index < -0.39 is 6.10 Å². The number of hydrogen-bond acceptors (Lipinski definition) is 7. The lowest BCUT2D eigenvalue weighted by molar-refractivity contribution is -0.122. The van der Waals surface area contributed by atoms with Crippen molar-refractivity contribution in [3.8, 4) is 5.75 Å². The topological polar surface area (TPSA) is 113 Å². The Hall–Kier alpha value is -3.17. The lowest BCUT2D eigenvalue weighted by atomic mass is 10.1. The average Bonchev–Trinajstić information content (AvgIpc) is 2.85. The van der Waals surface area contributed by atoms with Crippen molar-refractivity contribution in [3.63, 3.8) is 0 Å². The maximum atomic E-state index is 13.5. The van der Waals surface area contributed by atoms with E-state index in [1.54, 1.807) is 23.2 Å². The van der Waals surface area contributed by atoms with Crippen LogP contribution in [-0.2, 0) is 9.53 Å². The first-order chi connectivity index (χ1) is 16.9. The fraction of sp³-hybridized carbons (Fsp3) is 0.500. The van der Waals surface area contributed by atoms with Gasteiger partial charge in [-0.3, -0.25) is 9.59 Å². The van der Waals surface area contributed by atoms with Gasteiger partial charge in [0.2, 0.25) is 5.91 Å². The van der Waals surface area contributed by atoms with Crippen LogP contribution in [0.3, 0.4) is 0 Å². The van der Waals surface area contributed by atoms with Crippen molar-refractivity contribution < 1.29 is 24.2 Å². The summed E-state index contributed by atoms with van der Waals surface area (Å²) in [5.74, 6) is 0.484. The Labute approximate surface area is 206 Å². The summed E-state index contributed by atoms with van der Waals surface area (Å²) in [5, 5.41) is 16.0. The first kappa shape index (κ1) is 26.4. The zero-order chi connectivity index (χ0) is 25.0. The van der Waals surface area contributed by atoms with E-state index >= 15 is 0 Å². The molecule has 1 aromatic heterocycles. The summed E-state index contributed by atoms with van der Waals surface area (Å²) in [6, 6.07) is 11.0. The number of fused-ring (bicyclic) bond motifs is 2. The normalized spacial score (nSPS) is 15.8. The third-order valence-corrected chi connectivity index (χ3v) is 5.54. The van der Waals surface area contributed by atoms with Crippen molar-refractivity contribution >= 4 is 23.3 Å². The molecule has 190 valence electrons. The fourth-order valence-corrected chi connectivity index (χ4v) is 3.69. The number of anilines is 2. The Bertz CT molecular complexity index is 968. The largest absolute Gasteiger partial charge is 0.491 e. The first-order valence-electron chi connectivity index (χ1n) is 12.2. The van der Waals surface area contributed by atoms with Gasteiger partial charge in [-0.25, -0.2) is 4.98 Å². The molecule has 0 saturated carbocycles. The van der Waals surface area contributed by atoms with Gasteiger partial charge >= 0.3 is 0 Å². The van der Waals surface area contributed by atoms with Gasteiger partial charge in [0.25, 0.3) is 5.91 Å². The highest BCUT2D eigenvalue weighted by atomic mass is 16.5. The van der Waals surface area contributed by atoms with Crippen molar-refractivity contribution in [2.45, 2.75) is 51.7 Å². The molecule has 2 heterocycles. The van der Waals surface area contributed by atoms with Crippen LogP contribution in [-0.4, -0.2) is 71.9 Å². The van der Waals surface area contributed by atoms with Gasteiger partial charge in [0.1, 0.15) is 11.6 Å². The highest BCUT2D eigenvalue weighted by Gasteiger charge is 2.23. The molecule has 35 heavy (non-hydrogen) atoms. The van der Waals surface area contributed by atoms with Crippen LogP contribution in [0.5, 0.6) is 5.75 Å². The highest BCUT2D eigenvalue weighted by Crippen LogP contribution is 2.29. The molecule has 0 bridgehead atoms. The van der Waals surface area contributed by atoms with Crippen molar-refractivity contribution in [2.24, 2.45) is 0 Å². The molecule has 9 nitrogen and oxygen atoms in total. The van der Waals surface area contributed by atoms with Crippen LogP contribution in [0.2, 0.25) is 0 Å². The molecule has 1 unspecified atom stereocenters. The van der Waals surface area contributed by atoms with Crippen LogP contribution in [0, 0.1) is 0 Å². The molecule has 0 fully saturated rings. The van der Waals surface area contributed by atoms with Gasteiger partial charge in [0.15, 0.2) is 0 Å². The Morgan fingerprint density at radius 2 is 2.00 bits per heavy atom. The number of amides is 2. The molecule has 0 aliphatic carbocycles. The maximum Gasteiger partial charge on any atom is 0.258 e. The number of carbonyl (C=O) groups is 2. The van der Waals surface area contributed by atoms with Gasteiger partial charge in [-0.15, -0.1) is 0 Å². The third kappa shape index (κ3) is 8.52. The Kier molecular flexibility index (Phi) is 10.3. The summed E-state index contributed by atoms with van der Waals surface area (Å²) >= 11 is 0. The number of benzene rings is 1. The second kappa shape index (κ2) is 13.7. The van der Waals surface area contributed by atoms with Crippen LogP contribution in [0.1, 0.15) is 49.9 Å². The molecule has 1 aliphatic rings. The van der Waals surface area contributed by atoms with E-state index in [0.29, 0.717) is 30.3 Å². The molecule has 0 spiro atoms. The number of aromatic nitrogens is 1. The van der Waals surface area contributed by atoms with E-state index in [0.717, 1.165) is 31.4 Å². The first-order valence-corrected chi connectivity index (χ1v) is 12.2. The summed E-state index contributed by atoms with van der Waals surface area (Å²) in [5.41, 5.74) is 1.09. The van der Waals surface area contributed by atoms with Gasteiger partial charge in [-0.05, 0) is 51.0 Å². The molecule has 2 aromatic rings. The number of nitrogens with zero attached hydrogens (tertiary/aromatic N) is 2. The molecule has 0 radical (unpaired) electrons. The van der Waals surface area contributed by atoms with E-state index in [1.807, 2.05) is 38.1 Å². The maximum absolute atomic E-state index is 13.5. The number of rotatable bonds is 7. The number of hydrogen-bond donors (Lipinski definition) is 3. The van der Waals surface area contributed by atoms with E-state index in [2.05, 4.69) is 15.6 Å². The van der Waals surface area contributed by atoms with Crippen LogP contribution >= 0.6 is 0 Å². The van der Waals surface area contributed by atoms with E-state index in [1.165, 1.54) is 0 Å². The molecular formula is C26H36N4O5. The van der Waals surface area contributed by atoms with Gasteiger partial charge in [0, 0.05) is 19.3 Å². The molecule has 9 heteroatoms. The van der Waals surface area contributed by atoms with E-state index in [4.69, 9.17) is 9.47 Å². The monoisotopic (exact) mass is 484 g/mol. The van der Waals surface area contributed by atoms with Crippen molar-refractivity contribution in [1.82, 2.24) is 15.2 Å². The Morgan fingerprint density at radius 1 is 1.20 bits per heavy atom. The SMILES string of the molecule is CC(C)OCC(O)CNC(=O)CN1CCCCCCOc2ccccc2Nc2ncccc2C1=O. The minimum Gasteiger partial charge on any atom is -0.491 e. The lowest BCUT2D eigenvalue weighted by Gasteiger charge is -2.24. The number of carbonyl (C=O) groups excluding carboxylic acids is 2. The van der Waals surface area contributed by atoms with Gasteiger partial charge in [0.05, 0.1) is 43.2 Å². The molecule has 2 amide bonds. The zero-order valence-electron chi connectivity index (χ0n) is 20.5. The molecule has 1 aliphatic heterocycles. The molecule has 1 aromatic carbocycles. The number of aliphatic hydroxyl groups is 1. The molecule has 3 N–H and O–H groups in total. The summed E-state index contributed by atoms with van der Waals surface area (Å²) < 4.78 is 11.3. The predicted molar refractivity (Wildman–Crippen MR) is 134 cm³/mol. The van der Waals surface area contributed by atoms with Gasteiger partial charge < -0.3 is 30.1 Å². The van der Waals surface area contributed by atoms with E-state index in [-0.39, 0.29) is 37.6 Å². The van der Waals surface area contributed by atoms with Crippen LogP contribution in [0.15, 0.2) is 42.6 Å². The molecular weight excluding hydrogens is 448 g/mol. The second-order valence-electron chi connectivity index (χ2n) is 8.85. The number of para-hydroxylation sites is 2. The average molecular weight is 485 g/mol. The zero-order valence-corrected chi connectivity index (χ0v) is 20.5. The van der Waals surface area contributed by atoms with Gasteiger partial charge in [-0.2, -0.15) is 0 Å². The molecule has 0 saturated heterocycles. The van der Waals surface area contributed by atoms with Crippen molar-refractivity contribution in [1.29, 1.82) is 0 Å². The molecule has 3 rings (SSSR count). The van der Waals surface area contributed by atoms with E-state index in [9.17, 15) is 14.7 Å². The van der Waals surface area contributed by atoms with Crippen molar-refractivity contribution in [2.75, 3.05) is 38.2 Å². The van der Waals surface area contributed by atoms with Crippen LogP contribution in [0.4, 0.5) is 11.5 Å². The standard InChI is InChI=1S/C26H36N4O5/c1-19(2)35-18-20(31)16-28-24(32)17-30-14-7-3-4-8-15-34-23-12-6-5-11-22(23)29-25-21(26(30)33)10-9-13-27-25/h5-6,9-13,19-20,31H,3-4,7-8,14-18H2,1-2H3,(H,27,29)(H,28,32). The lowest BCUT2D eigenvalue weighted by Crippen LogP contribution is -2.44. The minimum atomic E-state index is -0.813. The minimum absolute atomic E-state index is 0.00498. The predicted octanol–water partition coefficient (Wildman–Crippen LogP) is 3.12. The van der Waals surface area contributed by atoms with Crippen molar-refractivity contribution in [3.05, 3.63) is 48.2 Å². The molecule has 1 atom stereocenters. The highest BCUT2D eigenvalue weighted by molar-refractivity contribution is 6.01. The quantitative estimate of drug-likeness (QED) is 0.553. The number of nitrogens with one attached hydrogen (secondary N) is 2. The number of aliphatic hydroxyl groups excluding tert-OH is 1. The summed E-state index contributed by atoms with van der Waals surface area (Å²) in [6.45, 7) is 4.89. The summed E-state index contributed by atoms with van der Waals surface area (Å²) in [6.07, 6.45) is 4.34. The summed E-state index contributed by atoms with van der Waals surface area (Å²) in [7, 11) is 0. The second-order valence-corrected chi connectivity index (χ2v) is 8.85. The Morgan fingerprint density at radius 3 is 2.83 bits per heavy atom. The van der Waals surface area contributed by atoms with Crippen LogP contribution in [0.25, 0.3) is 0 Å². The number of pyridine rings is 1. The Balaban J connectivity index is 1.75. The summed E-state index contributed by atoms with van der Waals surface area (Å²) in [4.78, 5) is 32.1.